The standard InChI is InChI=1S/C14H20ClN3O3/c1-9(2)18(8-13(20)21-5)12(19)7-6-11-10(3)16-17(4)14(11)15/h6-7,9H,8H2,1-5H3. The van der Waals surface area contributed by atoms with Gasteiger partial charge >= 0.3 is 5.97 Å². The van der Waals surface area contributed by atoms with E-state index in [1.165, 1.54) is 22.8 Å². The number of amides is 1. The van der Waals surface area contributed by atoms with Gasteiger partial charge in [0.05, 0.1) is 12.8 Å². The fourth-order valence-electron chi connectivity index (χ4n) is 1.80. The van der Waals surface area contributed by atoms with E-state index >= 15 is 0 Å². The summed E-state index contributed by atoms with van der Waals surface area (Å²) in [6.07, 6.45) is 3.00. The van der Waals surface area contributed by atoms with Crippen molar-refractivity contribution in [3.8, 4) is 0 Å². The lowest BCUT2D eigenvalue weighted by molar-refractivity contribution is -0.146. The number of ether oxygens (including phenoxy) is 1. The maximum atomic E-state index is 12.2. The van der Waals surface area contributed by atoms with E-state index in [4.69, 9.17) is 11.6 Å². The highest BCUT2D eigenvalue weighted by Gasteiger charge is 2.19. The summed E-state index contributed by atoms with van der Waals surface area (Å²) in [7, 11) is 3.02. The minimum absolute atomic E-state index is 0.0862. The number of methoxy groups -OCH3 is 1. The summed E-state index contributed by atoms with van der Waals surface area (Å²) in [5, 5.41) is 4.62. The number of carbonyl (C=O) groups is 2. The highest BCUT2D eigenvalue weighted by Crippen LogP contribution is 2.20. The number of halogens is 1. The van der Waals surface area contributed by atoms with Crippen LogP contribution in [-0.4, -0.2) is 46.3 Å². The maximum absolute atomic E-state index is 12.2. The average molecular weight is 314 g/mol. The van der Waals surface area contributed by atoms with Gasteiger partial charge in [-0.1, -0.05) is 11.6 Å². The Morgan fingerprint density at radius 1 is 1.48 bits per heavy atom. The molecule has 0 aliphatic heterocycles. The zero-order chi connectivity index (χ0) is 16.2. The largest absolute Gasteiger partial charge is 0.468 e. The first-order valence-electron chi connectivity index (χ1n) is 6.52. The monoisotopic (exact) mass is 313 g/mol. The minimum atomic E-state index is -0.457. The van der Waals surface area contributed by atoms with Crippen molar-refractivity contribution < 1.29 is 14.3 Å². The van der Waals surface area contributed by atoms with Gasteiger partial charge in [0.25, 0.3) is 0 Å². The lowest BCUT2D eigenvalue weighted by Gasteiger charge is -2.23. The molecule has 0 unspecified atom stereocenters. The molecule has 0 fully saturated rings. The van der Waals surface area contributed by atoms with Crippen LogP contribution < -0.4 is 0 Å². The first-order chi connectivity index (χ1) is 9.77. The summed E-state index contributed by atoms with van der Waals surface area (Å²) in [6.45, 7) is 5.38. The van der Waals surface area contributed by atoms with E-state index in [9.17, 15) is 9.59 Å². The zero-order valence-electron chi connectivity index (χ0n) is 12.9. The first-order valence-corrected chi connectivity index (χ1v) is 6.90. The summed E-state index contributed by atoms with van der Waals surface area (Å²) < 4.78 is 6.13. The number of hydrogen-bond acceptors (Lipinski definition) is 4. The van der Waals surface area contributed by atoms with Crippen LogP contribution in [-0.2, 0) is 21.4 Å². The van der Waals surface area contributed by atoms with Gasteiger partial charge in [0.15, 0.2) is 0 Å². The van der Waals surface area contributed by atoms with E-state index in [2.05, 4.69) is 9.84 Å². The third-order valence-electron chi connectivity index (χ3n) is 3.02. The number of carbonyl (C=O) groups excluding carboxylic acids is 2. The Labute approximate surface area is 129 Å². The van der Waals surface area contributed by atoms with E-state index in [0.717, 1.165) is 5.69 Å². The van der Waals surface area contributed by atoms with Crippen LogP contribution in [0, 0.1) is 6.92 Å². The van der Waals surface area contributed by atoms with Gasteiger partial charge in [0, 0.05) is 24.7 Å². The second-order valence-electron chi connectivity index (χ2n) is 4.88. The molecule has 21 heavy (non-hydrogen) atoms. The SMILES string of the molecule is COC(=O)CN(C(=O)C=Cc1c(C)nn(C)c1Cl)C(C)C. The molecule has 0 aliphatic rings. The fraction of sp³-hybridized carbons (Fsp3) is 0.500. The highest BCUT2D eigenvalue weighted by atomic mass is 35.5. The van der Waals surface area contributed by atoms with Crippen LogP contribution in [0.15, 0.2) is 6.08 Å². The smallest absolute Gasteiger partial charge is 0.325 e. The summed E-state index contributed by atoms with van der Waals surface area (Å²) in [5.41, 5.74) is 1.42. The second-order valence-corrected chi connectivity index (χ2v) is 5.24. The molecule has 7 heteroatoms. The van der Waals surface area contributed by atoms with E-state index < -0.39 is 5.97 Å². The van der Waals surface area contributed by atoms with Crippen LogP contribution in [0.4, 0.5) is 0 Å². The van der Waals surface area contributed by atoms with Crippen molar-refractivity contribution in [1.82, 2.24) is 14.7 Å². The predicted octanol–water partition coefficient (Wildman–Crippen LogP) is 1.81. The summed E-state index contributed by atoms with van der Waals surface area (Å²) >= 11 is 6.10. The Kier molecular flexibility index (Phi) is 5.96. The van der Waals surface area contributed by atoms with Gasteiger partial charge in [0.2, 0.25) is 5.91 Å². The van der Waals surface area contributed by atoms with Gasteiger partial charge in [0.1, 0.15) is 11.7 Å². The number of nitrogens with zero attached hydrogens (tertiary/aromatic N) is 3. The Hall–Kier alpha value is -1.82. The van der Waals surface area contributed by atoms with E-state index in [1.54, 1.807) is 13.1 Å². The number of rotatable bonds is 5. The van der Waals surface area contributed by atoms with Crippen molar-refractivity contribution in [2.45, 2.75) is 26.8 Å². The number of aromatic nitrogens is 2. The molecule has 0 atom stereocenters. The summed E-state index contributed by atoms with van der Waals surface area (Å²) in [6, 6.07) is -0.119. The van der Waals surface area contributed by atoms with Crippen LogP contribution in [0.25, 0.3) is 6.08 Å². The maximum Gasteiger partial charge on any atom is 0.325 e. The van der Waals surface area contributed by atoms with Crippen LogP contribution in [0.2, 0.25) is 5.15 Å². The number of hydrogen-bond donors (Lipinski definition) is 0. The van der Waals surface area contributed by atoms with Crippen molar-refractivity contribution in [2.24, 2.45) is 7.05 Å². The van der Waals surface area contributed by atoms with Crippen LogP contribution in [0.1, 0.15) is 25.1 Å². The molecule has 1 aromatic rings. The third kappa shape index (κ3) is 4.32. The Morgan fingerprint density at radius 3 is 2.52 bits per heavy atom. The van der Waals surface area contributed by atoms with E-state index in [0.29, 0.717) is 10.7 Å². The Bertz CT molecular complexity index is 564. The van der Waals surface area contributed by atoms with Gasteiger partial charge in [-0.15, -0.1) is 0 Å². The average Bonchev–Trinajstić information content (AvgIpc) is 2.66. The van der Waals surface area contributed by atoms with Gasteiger partial charge < -0.3 is 9.64 Å². The quantitative estimate of drug-likeness (QED) is 0.614. The van der Waals surface area contributed by atoms with Crippen molar-refractivity contribution in [3.05, 3.63) is 22.5 Å². The van der Waals surface area contributed by atoms with Crippen LogP contribution in [0.5, 0.6) is 0 Å². The minimum Gasteiger partial charge on any atom is -0.468 e. The van der Waals surface area contributed by atoms with Crippen LogP contribution in [0.3, 0.4) is 0 Å². The molecule has 6 nitrogen and oxygen atoms in total. The van der Waals surface area contributed by atoms with Crippen LogP contribution >= 0.6 is 11.6 Å². The Balaban J connectivity index is 2.91. The molecule has 0 N–H and O–H groups in total. The van der Waals surface area contributed by atoms with E-state index in [-0.39, 0.29) is 18.5 Å². The lowest BCUT2D eigenvalue weighted by Crippen LogP contribution is -2.40. The van der Waals surface area contributed by atoms with Gasteiger partial charge in [-0.2, -0.15) is 5.10 Å². The van der Waals surface area contributed by atoms with Crippen molar-refractivity contribution in [2.75, 3.05) is 13.7 Å². The third-order valence-corrected chi connectivity index (χ3v) is 3.47. The topological polar surface area (TPSA) is 64.4 Å². The molecule has 1 heterocycles. The van der Waals surface area contributed by atoms with E-state index in [1.807, 2.05) is 20.8 Å². The highest BCUT2D eigenvalue weighted by molar-refractivity contribution is 6.31. The molecule has 0 saturated carbocycles. The molecule has 1 amide bonds. The predicted molar refractivity (Wildman–Crippen MR) is 80.9 cm³/mol. The van der Waals surface area contributed by atoms with Crippen molar-refractivity contribution >= 4 is 29.6 Å². The molecular formula is C14H20ClN3O3. The first kappa shape index (κ1) is 17.2. The van der Waals surface area contributed by atoms with Crippen molar-refractivity contribution in [3.63, 3.8) is 0 Å². The second kappa shape index (κ2) is 7.26. The van der Waals surface area contributed by atoms with Gasteiger partial charge in [-0.3, -0.25) is 14.3 Å². The van der Waals surface area contributed by atoms with Crippen molar-refractivity contribution in [1.29, 1.82) is 0 Å². The summed E-state index contributed by atoms with van der Waals surface area (Å²) in [4.78, 5) is 25.0. The molecule has 0 radical (unpaired) electrons. The number of esters is 1. The van der Waals surface area contributed by atoms with Gasteiger partial charge in [-0.25, -0.2) is 0 Å². The molecule has 0 aromatic carbocycles. The normalized spacial score (nSPS) is 11.2. The molecule has 0 bridgehead atoms. The fourth-order valence-corrected chi connectivity index (χ4v) is 2.04. The lowest BCUT2D eigenvalue weighted by atomic mass is 10.2. The van der Waals surface area contributed by atoms with Gasteiger partial charge in [-0.05, 0) is 26.8 Å². The summed E-state index contributed by atoms with van der Waals surface area (Å²) in [5.74, 6) is -0.740. The molecule has 0 saturated heterocycles. The molecule has 0 aliphatic carbocycles. The molecule has 1 rings (SSSR count). The Morgan fingerprint density at radius 2 is 2.10 bits per heavy atom. The molecule has 1 aromatic heterocycles. The zero-order valence-corrected chi connectivity index (χ0v) is 13.6. The molecule has 0 spiro atoms. The molecular weight excluding hydrogens is 294 g/mol. The number of aryl methyl sites for hydroxylation is 2. The molecule has 116 valence electrons.